The van der Waals surface area contributed by atoms with Gasteiger partial charge in [-0.05, 0) is 17.0 Å². The maximum atomic E-state index is 11.3. The van der Waals surface area contributed by atoms with E-state index in [1.165, 1.54) is 17.4 Å². The van der Waals surface area contributed by atoms with Gasteiger partial charge >= 0.3 is 5.63 Å². The molecule has 0 aliphatic heterocycles. The molecule has 4 N–H and O–H groups in total. The number of nitrogens with two attached hydrogens (primary N) is 2. The van der Waals surface area contributed by atoms with Crippen LogP contribution >= 0.6 is 11.3 Å². The Hall–Kier alpha value is -2.08. The molecule has 0 saturated carbocycles. The van der Waals surface area contributed by atoms with Gasteiger partial charge in [0.05, 0.1) is 0 Å². The number of amides is 1. The van der Waals surface area contributed by atoms with Gasteiger partial charge in [-0.25, -0.2) is 4.79 Å². The van der Waals surface area contributed by atoms with Gasteiger partial charge in [-0.2, -0.15) is 0 Å². The summed E-state index contributed by atoms with van der Waals surface area (Å²) in [4.78, 5) is 23.5. The molecule has 0 aromatic carbocycles. The summed E-state index contributed by atoms with van der Waals surface area (Å²) in [5, 5.41) is 1.91. The van der Waals surface area contributed by atoms with E-state index in [9.17, 15) is 9.59 Å². The fourth-order valence-electron chi connectivity index (χ4n) is 1.58. The van der Waals surface area contributed by atoms with Crippen molar-refractivity contribution in [1.82, 2.24) is 0 Å². The first-order valence-corrected chi connectivity index (χ1v) is 5.70. The third-order valence-electron chi connectivity index (χ3n) is 2.26. The maximum Gasteiger partial charge on any atom is 0.337 e. The number of thiophene rings is 1. The number of hydrogen-bond donors (Lipinski definition) is 2. The van der Waals surface area contributed by atoms with E-state index in [1.807, 2.05) is 17.5 Å². The number of carbonyl (C=O) groups is 1. The van der Waals surface area contributed by atoms with Crippen molar-refractivity contribution in [3.63, 3.8) is 0 Å². The van der Waals surface area contributed by atoms with E-state index in [2.05, 4.69) is 4.42 Å². The van der Waals surface area contributed by atoms with E-state index >= 15 is 0 Å². The topological polar surface area (TPSA) is 99.3 Å². The Bertz CT molecular complexity index is 602. The first-order valence-electron chi connectivity index (χ1n) is 4.82. The molecule has 0 spiro atoms. The molecule has 0 atom stereocenters. The van der Waals surface area contributed by atoms with Crippen LogP contribution in [-0.4, -0.2) is 5.91 Å². The second kappa shape index (κ2) is 4.42. The lowest BCUT2D eigenvalue weighted by Crippen LogP contribution is -2.19. The first-order chi connectivity index (χ1) is 8.08. The lowest BCUT2D eigenvalue weighted by atomic mass is 10.1. The molecule has 6 heteroatoms. The second-order valence-corrected chi connectivity index (χ2v) is 4.48. The second-order valence-electron chi connectivity index (χ2n) is 3.45. The van der Waals surface area contributed by atoms with Gasteiger partial charge in [0.2, 0.25) is 5.88 Å². The maximum absolute atomic E-state index is 11.3. The average molecular weight is 250 g/mol. The van der Waals surface area contributed by atoms with Crippen molar-refractivity contribution in [3.8, 4) is 0 Å². The monoisotopic (exact) mass is 250 g/mol. The van der Waals surface area contributed by atoms with Gasteiger partial charge in [0.25, 0.3) is 5.91 Å². The molecule has 1 amide bonds. The minimum atomic E-state index is -0.696. The lowest BCUT2D eigenvalue weighted by molar-refractivity contribution is 0.0998. The molecule has 0 aliphatic carbocycles. The van der Waals surface area contributed by atoms with Gasteiger partial charge < -0.3 is 15.9 Å². The first kappa shape index (κ1) is 11.4. The zero-order valence-electron chi connectivity index (χ0n) is 8.80. The van der Waals surface area contributed by atoms with Crippen LogP contribution in [0.4, 0.5) is 5.88 Å². The highest BCUT2D eigenvalue weighted by molar-refractivity contribution is 7.09. The van der Waals surface area contributed by atoms with Crippen molar-refractivity contribution in [2.24, 2.45) is 5.73 Å². The quantitative estimate of drug-likeness (QED) is 0.847. The molecule has 17 heavy (non-hydrogen) atoms. The van der Waals surface area contributed by atoms with Gasteiger partial charge in [-0.1, -0.05) is 6.07 Å². The number of rotatable bonds is 3. The van der Waals surface area contributed by atoms with Crippen LogP contribution in [0.25, 0.3) is 0 Å². The molecule has 5 nitrogen and oxygen atoms in total. The van der Waals surface area contributed by atoms with E-state index in [0.29, 0.717) is 12.0 Å². The fraction of sp³-hybridized carbons (Fsp3) is 0.0909. The van der Waals surface area contributed by atoms with Crippen molar-refractivity contribution in [1.29, 1.82) is 0 Å². The summed E-state index contributed by atoms with van der Waals surface area (Å²) in [7, 11) is 0. The van der Waals surface area contributed by atoms with Crippen LogP contribution in [0.3, 0.4) is 0 Å². The predicted octanol–water partition coefficient (Wildman–Crippen LogP) is 0.973. The predicted molar refractivity (Wildman–Crippen MR) is 65.0 cm³/mol. The van der Waals surface area contributed by atoms with Crippen molar-refractivity contribution in [2.45, 2.75) is 6.42 Å². The standard InChI is InChI=1S/C11H10N2O3S/c12-10(15)9-6(4-7-2-1-3-17-7)5-8(14)16-11(9)13/h1-3,5H,4,13H2,(H2,12,15). The van der Waals surface area contributed by atoms with Crippen molar-refractivity contribution in [3.05, 3.63) is 50.0 Å². The zero-order valence-corrected chi connectivity index (χ0v) is 9.62. The largest absolute Gasteiger partial charge is 0.406 e. The van der Waals surface area contributed by atoms with Crippen LogP contribution in [0.5, 0.6) is 0 Å². The molecule has 0 radical (unpaired) electrons. The molecule has 0 aliphatic rings. The van der Waals surface area contributed by atoms with E-state index < -0.39 is 11.5 Å². The van der Waals surface area contributed by atoms with E-state index in [0.717, 1.165) is 4.88 Å². The van der Waals surface area contributed by atoms with Gasteiger partial charge in [-0.3, -0.25) is 4.79 Å². The molecule has 0 unspecified atom stereocenters. The normalized spacial score (nSPS) is 10.4. The van der Waals surface area contributed by atoms with Gasteiger partial charge in [0, 0.05) is 17.4 Å². The lowest BCUT2D eigenvalue weighted by Gasteiger charge is -2.06. The number of primary amides is 1. The molecule has 0 fully saturated rings. The average Bonchev–Trinajstić information content (AvgIpc) is 2.68. The van der Waals surface area contributed by atoms with Crippen LogP contribution in [0.1, 0.15) is 20.8 Å². The van der Waals surface area contributed by atoms with Gasteiger partial charge in [0.1, 0.15) is 5.56 Å². The Morgan fingerprint density at radius 1 is 1.47 bits per heavy atom. The molecular weight excluding hydrogens is 240 g/mol. The SMILES string of the molecule is NC(=O)c1c(Cc2cccs2)cc(=O)oc1N. The molecule has 0 saturated heterocycles. The molecule has 2 aromatic rings. The third kappa shape index (κ3) is 2.36. The Morgan fingerprint density at radius 3 is 2.82 bits per heavy atom. The summed E-state index contributed by atoms with van der Waals surface area (Å²) >= 11 is 1.52. The minimum Gasteiger partial charge on any atom is -0.406 e. The summed E-state index contributed by atoms with van der Waals surface area (Å²) < 4.78 is 4.65. The van der Waals surface area contributed by atoms with Crippen LogP contribution in [0.15, 0.2) is 32.8 Å². The van der Waals surface area contributed by atoms with E-state index in [-0.39, 0.29) is 11.4 Å². The van der Waals surface area contributed by atoms with Crippen molar-refractivity contribution < 1.29 is 9.21 Å². The molecule has 2 aromatic heterocycles. The molecular formula is C11H10N2O3S. The number of hydrogen-bond acceptors (Lipinski definition) is 5. The summed E-state index contributed by atoms with van der Waals surface area (Å²) in [5.74, 6) is -0.922. The van der Waals surface area contributed by atoms with Crippen LogP contribution < -0.4 is 17.1 Å². The molecule has 88 valence electrons. The van der Waals surface area contributed by atoms with Crippen LogP contribution in [0, 0.1) is 0 Å². The van der Waals surface area contributed by atoms with E-state index in [4.69, 9.17) is 11.5 Å². The van der Waals surface area contributed by atoms with Crippen molar-refractivity contribution >= 4 is 23.1 Å². The van der Waals surface area contributed by atoms with Crippen LogP contribution in [-0.2, 0) is 6.42 Å². The highest BCUT2D eigenvalue weighted by Crippen LogP contribution is 2.20. The Balaban J connectivity index is 2.51. The molecule has 0 bridgehead atoms. The Kier molecular flexibility index (Phi) is 2.97. The Labute approximate surface area is 101 Å². The number of carbonyl (C=O) groups excluding carboxylic acids is 1. The van der Waals surface area contributed by atoms with Gasteiger partial charge in [-0.15, -0.1) is 11.3 Å². The smallest absolute Gasteiger partial charge is 0.337 e. The minimum absolute atomic E-state index is 0.0815. The summed E-state index contributed by atoms with van der Waals surface area (Å²) in [6, 6.07) is 5.04. The Morgan fingerprint density at radius 2 is 2.24 bits per heavy atom. The number of anilines is 1. The third-order valence-corrected chi connectivity index (χ3v) is 3.14. The highest BCUT2D eigenvalue weighted by atomic mass is 32.1. The summed E-state index contributed by atoms with van der Waals surface area (Å²) in [6.07, 6.45) is 0.436. The van der Waals surface area contributed by atoms with Gasteiger partial charge in [0.15, 0.2) is 0 Å². The van der Waals surface area contributed by atoms with E-state index in [1.54, 1.807) is 0 Å². The van der Waals surface area contributed by atoms with Crippen molar-refractivity contribution in [2.75, 3.05) is 5.73 Å². The number of nitrogen functional groups attached to an aromatic ring is 1. The molecule has 2 rings (SSSR count). The van der Waals surface area contributed by atoms with Crippen LogP contribution in [0.2, 0.25) is 0 Å². The molecule has 2 heterocycles. The summed E-state index contributed by atoms with van der Waals surface area (Å²) in [6.45, 7) is 0. The summed E-state index contributed by atoms with van der Waals surface area (Å²) in [5.41, 5.74) is 10.7. The zero-order chi connectivity index (χ0) is 12.4. The highest BCUT2D eigenvalue weighted by Gasteiger charge is 2.16. The fourth-order valence-corrected chi connectivity index (χ4v) is 2.31.